The Balaban J connectivity index is 1.52. The molecule has 190 valence electrons. The van der Waals surface area contributed by atoms with Crippen molar-refractivity contribution in [1.82, 2.24) is 5.32 Å². The van der Waals surface area contributed by atoms with E-state index in [2.05, 4.69) is 10.6 Å². The standard InChI is InChI=1S/C31H26N2O4S/c1-37-29-18-9-8-15-24(29)19-27(33-30(35)23-13-6-3-7-14-23)31(36)32-25-16-10-17-26(20-25)38-21-28(34)22-11-4-2-5-12-22/h2-20H,21H2,1H3,(H,32,36)(H,33,35)/b27-19-. The van der Waals surface area contributed by atoms with Crippen molar-refractivity contribution in [2.75, 3.05) is 18.2 Å². The van der Waals surface area contributed by atoms with Crippen molar-refractivity contribution in [1.29, 1.82) is 0 Å². The first-order valence-electron chi connectivity index (χ1n) is 11.9. The van der Waals surface area contributed by atoms with Crippen LogP contribution in [0.3, 0.4) is 0 Å². The number of rotatable bonds is 10. The second-order valence-corrected chi connectivity index (χ2v) is 9.23. The van der Waals surface area contributed by atoms with E-state index >= 15 is 0 Å². The summed E-state index contributed by atoms with van der Waals surface area (Å²) in [7, 11) is 1.54. The molecule has 0 spiro atoms. The quantitative estimate of drug-likeness (QED) is 0.150. The van der Waals surface area contributed by atoms with E-state index in [0.717, 1.165) is 4.90 Å². The Bertz CT molecular complexity index is 1450. The van der Waals surface area contributed by atoms with Crippen LogP contribution in [0.15, 0.2) is 120 Å². The van der Waals surface area contributed by atoms with Gasteiger partial charge in [0.1, 0.15) is 11.4 Å². The van der Waals surface area contributed by atoms with Crippen LogP contribution >= 0.6 is 11.8 Å². The topological polar surface area (TPSA) is 84.5 Å². The third-order valence-electron chi connectivity index (χ3n) is 5.53. The van der Waals surface area contributed by atoms with Gasteiger partial charge in [-0.05, 0) is 42.5 Å². The molecule has 0 saturated heterocycles. The van der Waals surface area contributed by atoms with Crippen LogP contribution in [0.4, 0.5) is 5.69 Å². The molecule has 4 rings (SSSR count). The van der Waals surface area contributed by atoms with Gasteiger partial charge in [0.15, 0.2) is 5.78 Å². The van der Waals surface area contributed by atoms with Gasteiger partial charge in [0.2, 0.25) is 0 Å². The lowest BCUT2D eigenvalue weighted by atomic mass is 10.1. The number of ether oxygens (including phenoxy) is 1. The van der Waals surface area contributed by atoms with Gasteiger partial charge < -0.3 is 15.4 Å². The van der Waals surface area contributed by atoms with Gasteiger partial charge in [0.05, 0.1) is 12.9 Å². The molecule has 0 heterocycles. The number of ketones is 1. The van der Waals surface area contributed by atoms with E-state index < -0.39 is 11.8 Å². The summed E-state index contributed by atoms with van der Waals surface area (Å²) in [6.45, 7) is 0. The normalized spacial score (nSPS) is 10.9. The lowest BCUT2D eigenvalue weighted by molar-refractivity contribution is -0.113. The van der Waals surface area contributed by atoms with Crippen LogP contribution in [0.25, 0.3) is 6.08 Å². The largest absolute Gasteiger partial charge is 0.496 e. The van der Waals surface area contributed by atoms with Crippen LogP contribution in [0.2, 0.25) is 0 Å². The van der Waals surface area contributed by atoms with E-state index in [1.807, 2.05) is 42.5 Å². The molecule has 2 amide bonds. The highest BCUT2D eigenvalue weighted by Gasteiger charge is 2.16. The number of benzene rings is 4. The van der Waals surface area contributed by atoms with Crippen LogP contribution in [0, 0.1) is 0 Å². The number of thioether (sulfide) groups is 1. The number of hydrogen-bond acceptors (Lipinski definition) is 5. The molecule has 2 N–H and O–H groups in total. The van der Waals surface area contributed by atoms with Crippen molar-refractivity contribution in [3.63, 3.8) is 0 Å². The summed E-state index contributed by atoms with van der Waals surface area (Å²) < 4.78 is 5.41. The zero-order valence-corrected chi connectivity index (χ0v) is 21.5. The third-order valence-corrected chi connectivity index (χ3v) is 6.52. The maximum atomic E-state index is 13.3. The van der Waals surface area contributed by atoms with Crippen molar-refractivity contribution in [3.8, 4) is 5.75 Å². The fourth-order valence-corrected chi connectivity index (χ4v) is 4.45. The average molecular weight is 523 g/mol. The Labute approximate surface area is 225 Å². The summed E-state index contributed by atoms with van der Waals surface area (Å²) in [5, 5.41) is 5.59. The number of nitrogens with one attached hydrogen (secondary N) is 2. The molecule has 0 radical (unpaired) electrons. The Kier molecular flexibility index (Phi) is 9.10. The van der Waals surface area contributed by atoms with Gasteiger partial charge in [0, 0.05) is 27.3 Å². The summed E-state index contributed by atoms with van der Waals surface area (Å²) in [6.07, 6.45) is 1.58. The Morgan fingerprint density at radius 3 is 2.16 bits per heavy atom. The molecule has 0 aliphatic heterocycles. The fraction of sp³-hybridized carbons (Fsp3) is 0.0645. The van der Waals surface area contributed by atoms with E-state index in [1.54, 1.807) is 79.9 Å². The van der Waals surface area contributed by atoms with E-state index in [9.17, 15) is 14.4 Å². The number of para-hydroxylation sites is 1. The number of anilines is 1. The molecule has 38 heavy (non-hydrogen) atoms. The number of carbonyl (C=O) groups is 3. The number of hydrogen-bond donors (Lipinski definition) is 2. The summed E-state index contributed by atoms with van der Waals surface area (Å²) in [6, 6.07) is 32.2. The molecule has 0 saturated carbocycles. The van der Waals surface area contributed by atoms with Crippen LogP contribution in [-0.4, -0.2) is 30.5 Å². The maximum Gasteiger partial charge on any atom is 0.272 e. The summed E-state index contributed by atoms with van der Waals surface area (Å²) in [4.78, 5) is 39.5. The highest BCUT2D eigenvalue weighted by molar-refractivity contribution is 8.00. The molecule has 0 aromatic heterocycles. The minimum absolute atomic E-state index is 0.0238. The molecule has 0 atom stereocenters. The molecule has 7 heteroatoms. The van der Waals surface area contributed by atoms with Gasteiger partial charge in [-0.2, -0.15) is 0 Å². The summed E-state index contributed by atoms with van der Waals surface area (Å²) >= 11 is 1.39. The van der Waals surface area contributed by atoms with Crippen molar-refractivity contribution in [2.24, 2.45) is 0 Å². The summed E-state index contributed by atoms with van der Waals surface area (Å²) in [5.41, 5.74) is 2.31. The van der Waals surface area contributed by atoms with Crippen molar-refractivity contribution in [2.45, 2.75) is 4.90 Å². The lowest BCUT2D eigenvalue weighted by Gasteiger charge is -2.13. The SMILES string of the molecule is COc1ccccc1/C=C(\NC(=O)c1ccccc1)C(=O)Nc1cccc(SCC(=O)c2ccccc2)c1. The lowest BCUT2D eigenvalue weighted by Crippen LogP contribution is -2.30. The van der Waals surface area contributed by atoms with E-state index in [0.29, 0.717) is 28.1 Å². The molecular weight excluding hydrogens is 496 g/mol. The number of methoxy groups -OCH3 is 1. The highest BCUT2D eigenvalue weighted by atomic mass is 32.2. The average Bonchev–Trinajstić information content (AvgIpc) is 2.97. The molecule has 0 aliphatic carbocycles. The van der Waals surface area contributed by atoms with Gasteiger partial charge in [-0.15, -0.1) is 11.8 Å². The molecule has 6 nitrogen and oxygen atoms in total. The van der Waals surface area contributed by atoms with Gasteiger partial charge in [-0.25, -0.2) is 0 Å². The minimum Gasteiger partial charge on any atom is -0.496 e. The minimum atomic E-state index is -0.498. The number of carbonyl (C=O) groups excluding carboxylic acids is 3. The first-order valence-corrected chi connectivity index (χ1v) is 12.9. The smallest absolute Gasteiger partial charge is 0.272 e. The third kappa shape index (κ3) is 7.21. The van der Waals surface area contributed by atoms with E-state index in [-0.39, 0.29) is 17.2 Å². The van der Waals surface area contributed by atoms with Crippen molar-refractivity contribution >= 4 is 41.1 Å². The predicted molar refractivity (Wildman–Crippen MR) is 151 cm³/mol. The van der Waals surface area contributed by atoms with Crippen LogP contribution < -0.4 is 15.4 Å². The molecule has 4 aromatic carbocycles. The number of Topliss-reactive ketones (excluding diaryl/α,β-unsaturated/α-hetero) is 1. The molecule has 0 aliphatic rings. The van der Waals surface area contributed by atoms with Crippen LogP contribution in [0.5, 0.6) is 5.75 Å². The Morgan fingerprint density at radius 2 is 1.45 bits per heavy atom. The Hall–Kier alpha value is -4.62. The zero-order chi connectivity index (χ0) is 26.7. The van der Waals surface area contributed by atoms with E-state index in [1.165, 1.54) is 11.8 Å². The highest BCUT2D eigenvalue weighted by Crippen LogP contribution is 2.24. The van der Waals surface area contributed by atoms with Crippen molar-refractivity contribution < 1.29 is 19.1 Å². The van der Waals surface area contributed by atoms with Gasteiger partial charge in [0.25, 0.3) is 11.8 Å². The van der Waals surface area contributed by atoms with Crippen LogP contribution in [0.1, 0.15) is 26.3 Å². The zero-order valence-electron chi connectivity index (χ0n) is 20.7. The maximum absolute atomic E-state index is 13.3. The van der Waals surface area contributed by atoms with Gasteiger partial charge in [-0.3, -0.25) is 14.4 Å². The second-order valence-electron chi connectivity index (χ2n) is 8.18. The Morgan fingerprint density at radius 1 is 0.789 bits per heavy atom. The van der Waals surface area contributed by atoms with Gasteiger partial charge >= 0.3 is 0 Å². The van der Waals surface area contributed by atoms with Crippen LogP contribution in [-0.2, 0) is 4.79 Å². The van der Waals surface area contributed by atoms with Gasteiger partial charge in [-0.1, -0.05) is 72.8 Å². The first-order chi connectivity index (χ1) is 18.5. The predicted octanol–water partition coefficient (Wildman–Crippen LogP) is 6.08. The monoisotopic (exact) mass is 522 g/mol. The molecule has 0 bridgehead atoms. The molecular formula is C31H26N2O4S. The molecule has 0 fully saturated rings. The fourth-order valence-electron chi connectivity index (χ4n) is 3.60. The molecule has 0 unspecified atom stereocenters. The first kappa shape index (κ1) is 26.4. The summed E-state index contributed by atoms with van der Waals surface area (Å²) in [5.74, 6) is -0.0507. The van der Waals surface area contributed by atoms with Crippen molar-refractivity contribution in [3.05, 3.63) is 132 Å². The molecule has 4 aromatic rings. The van der Waals surface area contributed by atoms with E-state index in [4.69, 9.17) is 4.74 Å². The number of amides is 2. The second kappa shape index (κ2) is 13.1.